The van der Waals surface area contributed by atoms with Gasteiger partial charge in [0, 0.05) is 22.5 Å². The molecular formula is C21H30BrNO2S. The standard InChI is InChI=1S/C19H24BrNO2S.C2H6/c1-4-6-14(5-2)15-9-11-21(12-10-15)24-16-7-8-17(18(20)13-16)19(22)23-3;1-2/h4-8,13,15H,9-12H2,1-3H3;1-2H3/b6-4-,14-5+;. The topological polar surface area (TPSA) is 29.5 Å². The first-order chi connectivity index (χ1) is 12.6. The van der Waals surface area contributed by atoms with Crippen LogP contribution in [0, 0.1) is 5.92 Å². The van der Waals surface area contributed by atoms with Gasteiger partial charge in [-0.3, -0.25) is 0 Å². The summed E-state index contributed by atoms with van der Waals surface area (Å²) in [6.45, 7) is 10.3. The molecule has 0 saturated carbocycles. The van der Waals surface area contributed by atoms with E-state index in [0.717, 1.165) is 22.5 Å². The molecule has 0 aliphatic carbocycles. The molecule has 2 rings (SSSR count). The van der Waals surface area contributed by atoms with Gasteiger partial charge in [0.25, 0.3) is 0 Å². The van der Waals surface area contributed by atoms with Gasteiger partial charge >= 0.3 is 5.97 Å². The molecule has 1 heterocycles. The van der Waals surface area contributed by atoms with Crippen molar-refractivity contribution in [2.75, 3.05) is 20.2 Å². The maximum absolute atomic E-state index is 11.6. The average molecular weight is 440 g/mol. The van der Waals surface area contributed by atoms with Gasteiger partial charge in [-0.15, -0.1) is 0 Å². The Bertz CT molecular complexity index is 635. The number of halogens is 1. The Balaban J connectivity index is 0.00000163. The highest BCUT2D eigenvalue weighted by atomic mass is 79.9. The Morgan fingerprint density at radius 2 is 1.92 bits per heavy atom. The summed E-state index contributed by atoms with van der Waals surface area (Å²) in [5, 5.41) is 0. The SMILES string of the molecule is C/C=C\C(=C/C)C1CCN(Sc2ccc(C(=O)OC)c(Br)c2)CC1.CC. The third-order valence-corrected chi connectivity index (χ3v) is 5.94. The van der Waals surface area contributed by atoms with Crippen molar-refractivity contribution in [2.24, 2.45) is 5.92 Å². The summed E-state index contributed by atoms with van der Waals surface area (Å²) in [7, 11) is 1.40. The molecule has 144 valence electrons. The number of piperidine rings is 1. The molecule has 0 radical (unpaired) electrons. The Kier molecular flexibility index (Phi) is 10.9. The molecule has 0 N–H and O–H groups in total. The predicted molar refractivity (Wildman–Crippen MR) is 116 cm³/mol. The summed E-state index contributed by atoms with van der Waals surface area (Å²) < 4.78 is 7.95. The average Bonchev–Trinajstić information content (AvgIpc) is 2.68. The molecule has 0 unspecified atom stereocenters. The summed E-state index contributed by atoms with van der Waals surface area (Å²) in [6.07, 6.45) is 8.94. The molecule has 1 aliphatic rings. The summed E-state index contributed by atoms with van der Waals surface area (Å²) in [5.74, 6) is 0.346. The van der Waals surface area contributed by atoms with E-state index in [1.165, 1.54) is 25.5 Å². The fourth-order valence-corrected chi connectivity index (χ4v) is 4.60. The molecule has 1 aromatic carbocycles. The second-order valence-electron chi connectivity index (χ2n) is 5.72. The zero-order valence-electron chi connectivity index (χ0n) is 16.4. The number of benzene rings is 1. The summed E-state index contributed by atoms with van der Waals surface area (Å²) in [4.78, 5) is 12.8. The van der Waals surface area contributed by atoms with Crippen molar-refractivity contribution < 1.29 is 9.53 Å². The minimum Gasteiger partial charge on any atom is -0.465 e. The number of carbonyl (C=O) groups is 1. The molecule has 0 bridgehead atoms. The Morgan fingerprint density at radius 1 is 1.27 bits per heavy atom. The fourth-order valence-electron chi connectivity index (χ4n) is 2.92. The van der Waals surface area contributed by atoms with Crippen molar-refractivity contribution in [3.05, 3.63) is 52.0 Å². The number of nitrogens with zero attached hydrogens (tertiary/aromatic N) is 1. The van der Waals surface area contributed by atoms with E-state index in [9.17, 15) is 4.79 Å². The van der Waals surface area contributed by atoms with Crippen molar-refractivity contribution in [3.8, 4) is 0 Å². The molecule has 0 aromatic heterocycles. The van der Waals surface area contributed by atoms with Gasteiger partial charge in [0.2, 0.25) is 0 Å². The third kappa shape index (κ3) is 6.60. The largest absolute Gasteiger partial charge is 0.465 e. The summed E-state index contributed by atoms with van der Waals surface area (Å²) >= 11 is 5.22. The number of esters is 1. The molecule has 1 aliphatic heterocycles. The first-order valence-electron chi connectivity index (χ1n) is 9.18. The van der Waals surface area contributed by atoms with E-state index in [1.54, 1.807) is 11.9 Å². The van der Waals surface area contributed by atoms with Crippen molar-refractivity contribution >= 4 is 33.8 Å². The zero-order chi connectivity index (χ0) is 19.5. The van der Waals surface area contributed by atoms with E-state index >= 15 is 0 Å². The zero-order valence-corrected chi connectivity index (χ0v) is 18.8. The fraction of sp³-hybridized carbons (Fsp3) is 0.476. The highest BCUT2D eigenvalue weighted by molar-refractivity contribution is 9.10. The van der Waals surface area contributed by atoms with Crippen LogP contribution in [-0.2, 0) is 4.74 Å². The van der Waals surface area contributed by atoms with E-state index in [2.05, 4.69) is 52.3 Å². The Labute approximate surface area is 171 Å². The van der Waals surface area contributed by atoms with E-state index in [4.69, 9.17) is 4.74 Å². The number of ether oxygens (including phenoxy) is 1. The van der Waals surface area contributed by atoms with Crippen LogP contribution in [0.3, 0.4) is 0 Å². The molecule has 0 atom stereocenters. The second kappa shape index (κ2) is 12.4. The first-order valence-corrected chi connectivity index (χ1v) is 10.7. The first kappa shape index (κ1) is 23.0. The molecule has 0 amide bonds. The third-order valence-electron chi connectivity index (χ3n) is 4.20. The minimum atomic E-state index is -0.317. The highest BCUT2D eigenvalue weighted by Gasteiger charge is 2.22. The van der Waals surface area contributed by atoms with Crippen molar-refractivity contribution in [2.45, 2.75) is 45.4 Å². The van der Waals surface area contributed by atoms with Crippen molar-refractivity contribution in [1.29, 1.82) is 0 Å². The van der Waals surface area contributed by atoms with Gasteiger partial charge in [0.05, 0.1) is 12.7 Å². The lowest BCUT2D eigenvalue weighted by Crippen LogP contribution is -2.29. The smallest absolute Gasteiger partial charge is 0.339 e. The van der Waals surface area contributed by atoms with Crippen LogP contribution in [0.4, 0.5) is 0 Å². The normalized spacial score (nSPS) is 16.3. The number of allylic oxidation sites excluding steroid dienone is 4. The van der Waals surface area contributed by atoms with Gasteiger partial charge in [-0.05, 0) is 84.3 Å². The molecule has 26 heavy (non-hydrogen) atoms. The Hall–Kier alpha value is -1.04. The van der Waals surface area contributed by atoms with Gasteiger partial charge in [0.1, 0.15) is 0 Å². The van der Waals surface area contributed by atoms with Crippen LogP contribution in [0.5, 0.6) is 0 Å². The van der Waals surface area contributed by atoms with E-state index in [0.29, 0.717) is 11.5 Å². The quantitative estimate of drug-likeness (QED) is 0.297. The van der Waals surface area contributed by atoms with Crippen LogP contribution in [0.2, 0.25) is 0 Å². The van der Waals surface area contributed by atoms with Crippen LogP contribution in [-0.4, -0.2) is 30.5 Å². The van der Waals surface area contributed by atoms with Gasteiger partial charge in [0.15, 0.2) is 0 Å². The van der Waals surface area contributed by atoms with Crippen molar-refractivity contribution in [3.63, 3.8) is 0 Å². The van der Waals surface area contributed by atoms with Gasteiger partial charge in [-0.1, -0.05) is 32.1 Å². The van der Waals surface area contributed by atoms with Gasteiger partial charge < -0.3 is 4.74 Å². The minimum absolute atomic E-state index is 0.317. The molecule has 3 nitrogen and oxygen atoms in total. The van der Waals surface area contributed by atoms with Crippen molar-refractivity contribution in [1.82, 2.24) is 4.31 Å². The Morgan fingerprint density at radius 3 is 2.42 bits per heavy atom. The van der Waals surface area contributed by atoms with E-state index < -0.39 is 0 Å². The van der Waals surface area contributed by atoms with Gasteiger partial charge in [-0.25, -0.2) is 9.10 Å². The lowest BCUT2D eigenvalue weighted by molar-refractivity contribution is 0.0599. The molecule has 1 fully saturated rings. The lowest BCUT2D eigenvalue weighted by atomic mass is 9.89. The summed E-state index contributed by atoms with van der Waals surface area (Å²) in [6, 6.07) is 5.78. The molecular weight excluding hydrogens is 410 g/mol. The van der Waals surface area contributed by atoms with Crippen LogP contribution < -0.4 is 0 Å². The number of methoxy groups -OCH3 is 1. The maximum Gasteiger partial charge on any atom is 0.339 e. The molecule has 0 spiro atoms. The van der Waals surface area contributed by atoms with Crippen LogP contribution in [0.25, 0.3) is 0 Å². The number of hydrogen-bond acceptors (Lipinski definition) is 4. The van der Waals surface area contributed by atoms with Crippen LogP contribution in [0.1, 0.15) is 50.9 Å². The number of hydrogen-bond donors (Lipinski definition) is 0. The highest BCUT2D eigenvalue weighted by Crippen LogP contribution is 2.33. The monoisotopic (exact) mass is 439 g/mol. The van der Waals surface area contributed by atoms with E-state index in [1.807, 2.05) is 32.0 Å². The molecule has 5 heteroatoms. The number of rotatable bonds is 5. The maximum atomic E-state index is 11.6. The summed E-state index contributed by atoms with van der Waals surface area (Å²) in [5.41, 5.74) is 2.01. The van der Waals surface area contributed by atoms with Gasteiger partial charge in [-0.2, -0.15) is 0 Å². The lowest BCUT2D eigenvalue weighted by Gasteiger charge is -2.31. The second-order valence-corrected chi connectivity index (χ2v) is 7.74. The predicted octanol–water partition coefficient (Wildman–Crippen LogP) is 6.50. The molecule has 1 aromatic rings. The molecule has 1 saturated heterocycles. The van der Waals surface area contributed by atoms with Crippen LogP contribution in [0.15, 0.2) is 51.4 Å². The van der Waals surface area contributed by atoms with Crippen LogP contribution >= 0.6 is 27.9 Å². The van der Waals surface area contributed by atoms with E-state index in [-0.39, 0.29) is 5.97 Å². The number of carbonyl (C=O) groups excluding carboxylic acids is 1.